The molecule has 0 spiro atoms. The standard InChI is InChI=1S/C16H20N4O3/c1-12-18-15(23-19-12)10-13-2-4-14(5-3-13)17-11-16(21)20-6-8-22-9-7-20/h2-5,17H,6-11H2,1H3. The van der Waals surface area contributed by atoms with Crippen LogP contribution in [0.15, 0.2) is 28.8 Å². The molecule has 1 aromatic carbocycles. The van der Waals surface area contributed by atoms with Crippen molar-refractivity contribution in [3.63, 3.8) is 0 Å². The molecule has 0 saturated carbocycles. The first kappa shape index (κ1) is 15.5. The molecule has 122 valence electrons. The largest absolute Gasteiger partial charge is 0.378 e. The first-order valence-corrected chi connectivity index (χ1v) is 7.68. The maximum absolute atomic E-state index is 12.1. The molecule has 1 aliphatic rings. The number of rotatable bonds is 5. The highest BCUT2D eigenvalue weighted by Gasteiger charge is 2.16. The van der Waals surface area contributed by atoms with Crippen molar-refractivity contribution in [1.29, 1.82) is 0 Å². The number of ether oxygens (including phenoxy) is 1. The van der Waals surface area contributed by atoms with Crippen LogP contribution >= 0.6 is 0 Å². The van der Waals surface area contributed by atoms with Crippen LogP contribution in [0.2, 0.25) is 0 Å². The zero-order valence-electron chi connectivity index (χ0n) is 13.1. The van der Waals surface area contributed by atoms with Crippen LogP contribution in [0.4, 0.5) is 5.69 Å². The Morgan fingerprint density at radius 3 is 2.65 bits per heavy atom. The molecule has 7 nitrogen and oxygen atoms in total. The number of aromatic nitrogens is 2. The quantitative estimate of drug-likeness (QED) is 0.894. The zero-order valence-corrected chi connectivity index (χ0v) is 13.1. The minimum atomic E-state index is 0.0960. The summed E-state index contributed by atoms with van der Waals surface area (Å²) in [4.78, 5) is 18.1. The van der Waals surface area contributed by atoms with E-state index >= 15 is 0 Å². The van der Waals surface area contributed by atoms with Gasteiger partial charge >= 0.3 is 0 Å². The Bertz CT molecular complexity index is 648. The maximum Gasteiger partial charge on any atom is 0.242 e. The van der Waals surface area contributed by atoms with Crippen molar-refractivity contribution < 1.29 is 14.1 Å². The average molecular weight is 316 g/mol. The lowest BCUT2D eigenvalue weighted by atomic mass is 10.1. The first-order valence-electron chi connectivity index (χ1n) is 7.68. The Labute approximate surface area is 134 Å². The fourth-order valence-corrected chi connectivity index (χ4v) is 2.43. The molecule has 0 atom stereocenters. The van der Waals surface area contributed by atoms with Crippen LogP contribution in [-0.2, 0) is 16.0 Å². The highest BCUT2D eigenvalue weighted by atomic mass is 16.5. The second-order valence-electron chi connectivity index (χ2n) is 5.46. The number of aryl methyl sites for hydroxylation is 1. The van der Waals surface area contributed by atoms with Crippen LogP contribution in [-0.4, -0.2) is 53.8 Å². The van der Waals surface area contributed by atoms with Crippen molar-refractivity contribution >= 4 is 11.6 Å². The summed E-state index contributed by atoms with van der Waals surface area (Å²) in [5, 5.41) is 6.93. The monoisotopic (exact) mass is 316 g/mol. The summed E-state index contributed by atoms with van der Waals surface area (Å²) in [6.45, 7) is 4.67. The van der Waals surface area contributed by atoms with E-state index in [4.69, 9.17) is 9.26 Å². The van der Waals surface area contributed by atoms with Gasteiger partial charge in [0.15, 0.2) is 5.82 Å². The van der Waals surface area contributed by atoms with Gasteiger partial charge in [-0.05, 0) is 24.6 Å². The third-order valence-electron chi connectivity index (χ3n) is 3.69. The number of anilines is 1. The summed E-state index contributed by atoms with van der Waals surface area (Å²) in [5.41, 5.74) is 2.00. The molecule has 3 rings (SSSR count). The van der Waals surface area contributed by atoms with E-state index in [0.29, 0.717) is 51.0 Å². The van der Waals surface area contributed by atoms with Crippen LogP contribution < -0.4 is 5.32 Å². The second kappa shape index (κ2) is 7.23. The molecule has 0 radical (unpaired) electrons. The first-order chi connectivity index (χ1) is 11.2. The molecule has 1 saturated heterocycles. The molecule has 1 N–H and O–H groups in total. The van der Waals surface area contributed by atoms with Crippen molar-refractivity contribution in [1.82, 2.24) is 15.0 Å². The molecule has 0 bridgehead atoms. The number of carbonyl (C=O) groups is 1. The van der Waals surface area contributed by atoms with E-state index in [1.807, 2.05) is 29.2 Å². The van der Waals surface area contributed by atoms with Gasteiger partial charge in [-0.15, -0.1) is 0 Å². The number of morpholine rings is 1. The van der Waals surface area contributed by atoms with E-state index in [1.54, 1.807) is 6.92 Å². The van der Waals surface area contributed by atoms with Gasteiger partial charge < -0.3 is 19.5 Å². The SMILES string of the molecule is Cc1noc(Cc2ccc(NCC(=O)N3CCOCC3)cc2)n1. The number of nitrogens with zero attached hydrogens (tertiary/aromatic N) is 3. The summed E-state index contributed by atoms with van der Waals surface area (Å²) in [6.07, 6.45) is 0.605. The molecule has 7 heteroatoms. The van der Waals surface area contributed by atoms with Gasteiger partial charge in [-0.25, -0.2) is 0 Å². The van der Waals surface area contributed by atoms with Crippen molar-refractivity contribution in [3.05, 3.63) is 41.5 Å². The predicted octanol–water partition coefficient (Wildman–Crippen LogP) is 1.24. The van der Waals surface area contributed by atoms with E-state index in [1.165, 1.54) is 0 Å². The molecule has 1 aromatic heterocycles. The van der Waals surface area contributed by atoms with Gasteiger partial charge in [-0.3, -0.25) is 4.79 Å². The molecular weight excluding hydrogens is 296 g/mol. The number of hydrogen-bond donors (Lipinski definition) is 1. The molecule has 0 unspecified atom stereocenters. The predicted molar refractivity (Wildman–Crippen MR) is 84.2 cm³/mol. The van der Waals surface area contributed by atoms with Crippen LogP contribution in [0.25, 0.3) is 0 Å². The van der Waals surface area contributed by atoms with Gasteiger partial charge in [0.1, 0.15) is 0 Å². The summed E-state index contributed by atoms with van der Waals surface area (Å²) in [7, 11) is 0. The van der Waals surface area contributed by atoms with Gasteiger partial charge in [0.2, 0.25) is 11.8 Å². The maximum atomic E-state index is 12.1. The molecule has 1 amide bonds. The minimum Gasteiger partial charge on any atom is -0.378 e. The van der Waals surface area contributed by atoms with Crippen molar-refractivity contribution in [2.24, 2.45) is 0 Å². The third-order valence-corrected chi connectivity index (χ3v) is 3.69. The Morgan fingerprint density at radius 1 is 1.26 bits per heavy atom. The zero-order chi connectivity index (χ0) is 16.1. The summed E-state index contributed by atoms with van der Waals surface area (Å²) < 4.78 is 10.4. The molecule has 1 fully saturated rings. The van der Waals surface area contributed by atoms with Gasteiger partial charge in [0.05, 0.1) is 26.2 Å². The third kappa shape index (κ3) is 4.29. The average Bonchev–Trinajstić information content (AvgIpc) is 2.99. The molecule has 23 heavy (non-hydrogen) atoms. The number of hydrogen-bond acceptors (Lipinski definition) is 6. The van der Waals surface area contributed by atoms with Crippen LogP contribution in [0, 0.1) is 6.92 Å². The van der Waals surface area contributed by atoms with Crippen LogP contribution in [0.3, 0.4) is 0 Å². The second-order valence-corrected chi connectivity index (χ2v) is 5.46. The van der Waals surface area contributed by atoms with Gasteiger partial charge in [0.25, 0.3) is 0 Å². The molecule has 1 aliphatic heterocycles. The molecule has 0 aliphatic carbocycles. The fourth-order valence-electron chi connectivity index (χ4n) is 2.43. The minimum absolute atomic E-state index is 0.0960. The lowest BCUT2D eigenvalue weighted by Crippen LogP contribution is -2.43. The van der Waals surface area contributed by atoms with E-state index in [9.17, 15) is 4.79 Å². The number of nitrogens with one attached hydrogen (secondary N) is 1. The van der Waals surface area contributed by atoms with E-state index in [-0.39, 0.29) is 5.91 Å². The Kier molecular flexibility index (Phi) is 4.87. The lowest BCUT2D eigenvalue weighted by Gasteiger charge is -2.27. The number of carbonyl (C=O) groups excluding carboxylic acids is 1. The van der Waals surface area contributed by atoms with Crippen molar-refractivity contribution in [2.75, 3.05) is 38.2 Å². The van der Waals surface area contributed by atoms with E-state index in [0.717, 1.165) is 11.3 Å². The van der Waals surface area contributed by atoms with Gasteiger partial charge in [-0.1, -0.05) is 17.3 Å². The van der Waals surface area contributed by atoms with Gasteiger partial charge in [0, 0.05) is 18.8 Å². The highest BCUT2D eigenvalue weighted by Crippen LogP contribution is 2.13. The molecule has 2 heterocycles. The van der Waals surface area contributed by atoms with E-state index < -0.39 is 0 Å². The molecular formula is C16H20N4O3. The summed E-state index contributed by atoms with van der Waals surface area (Å²) in [6, 6.07) is 7.87. The highest BCUT2D eigenvalue weighted by molar-refractivity contribution is 5.80. The Morgan fingerprint density at radius 2 is 2.00 bits per heavy atom. The topological polar surface area (TPSA) is 80.5 Å². The smallest absolute Gasteiger partial charge is 0.242 e. The normalized spacial score (nSPS) is 14.7. The van der Waals surface area contributed by atoms with Crippen molar-refractivity contribution in [2.45, 2.75) is 13.3 Å². The fraction of sp³-hybridized carbons (Fsp3) is 0.438. The number of benzene rings is 1. The Hall–Kier alpha value is -2.41. The van der Waals surface area contributed by atoms with Crippen molar-refractivity contribution in [3.8, 4) is 0 Å². The number of amides is 1. The summed E-state index contributed by atoms with van der Waals surface area (Å²) >= 11 is 0. The van der Waals surface area contributed by atoms with Crippen LogP contribution in [0.1, 0.15) is 17.3 Å². The van der Waals surface area contributed by atoms with Gasteiger partial charge in [-0.2, -0.15) is 4.98 Å². The lowest BCUT2D eigenvalue weighted by molar-refractivity contribution is -0.133. The van der Waals surface area contributed by atoms with E-state index in [2.05, 4.69) is 15.5 Å². The Balaban J connectivity index is 1.50. The summed E-state index contributed by atoms with van der Waals surface area (Å²) in [5.74, 6) is 1.34. The molecule has 2 aromatic rings. The van der Waals surface area contributed by atoms with Crippen LogP contribution in [0.5, 0.6) is 0 Å².